The van der Waals surface area contributed by atoms with Gasteiger partial charge in [0.05, 0.1) is 0 Å². The van der Waals surface area contributed by atoms with Gasteiger partial charge in [-0.25, -0.2) is 4.79 Å². The number of rotatable bonds is 4. The summed E-state index contributed by atoms with van der Waals surface area (Å²) in [6.07, 6.45) is 3.09. The number of phenolic OH excluding ortho intramolecular Hbond substituents is 1. The molecule has 1 heterocycles. The van der Waals surface area contributed by atoms with Crippen LogP contribution in [0.15, 0.2) is 18.2 Å². The van der Waals surface area contributed by atoms with E-state index in [1.54, 1.807) is 6.92 Å². The Morgan fingerprint density at radius 2 is 2.17 bits per heavy atom. The van der Waals surface area contributed by atoms with Crippen LogP contribution < -0.4 is 0 Å². The van der Waals surface area contributed by atoms with Crippen molar-refractivity contribution in [3.05, 3.63) is 28.8 Å². The maximum absolute atomic E-state index is 12.5. The molecule has 1 aromatic rings. The van der Waals surface area contributed by atoms with E-state index in [4.69, 9.17) is 16.3 Å². The first-order chi connectivity index (χ1) is 10.9. The molecule has 2 unspecified atom stereocenters. The lowest BCUT2D eigenvalue weighted by Crippen LogP contribution is -2.48. The molecule has 1 amide bonds. The summed E-state index contributed by atoms with van der Waals surface area (Å²) in [4.78, 5) is 26.5. The Morgan fingerprint density at radius 3 is 2.83 bits per heavy atom. The third-order valence-corrected chi connectivity index (χ3v) is 4.43. The van der Waals surface area contributed by atoms with Crippen LogP contribution in [0.4, 0.5) is 0 Å². The van der Waals surface area contributed by atoms with Gasteiger partial charge in [-0.15, -0.1) is 0 Å². The number of ether oxygens (including phenoxy) is 1. The van der Waals surface area contributed by atoms with Crippen molar-refractivity contribution in [1.29, 1.82) is 0 Å². The summed E-state index contributed by atoms with van der Waals surface area (Å²) >= 11 is 5.74. The number of carbonyl (C=O) groups is 2. The number of benzene rings is 1. The van der Waals surface area contributed by atoms with Gasteiger partial charge in [0.1, 0.15) is 11.3 Å². The number of piperidine rings is 1. The van der Waals surface area contributed by atoms with Gasteiger partial charge in [-0.05, 0) is 50.8 Å². The number of likely N-dealkylation sites (tertiary alicyclic amines) is 1. The Balaban J connectivity index is 2.03. The fourth-order valence-electron chi connectivity index (χ4n) is 2.90. The molecule has 2 rings (SSSR count). The number of amides is 1. The minimum atomic E-state index is -0.885. The topological polar surface area (TPSA) is 66.8 Å². The fourth-order valence-corrected chi connectivity index (χ4v) is 3.07. The van der Waals surface area contributed by atoms with Crippen molar-refractivity contribution in [2.45, 2.75) is 51.7 Å². The van der Waals surface area contributed by atoms with Gasteiger partial charge in [-0.3, -0.25) is 4.79 Å². The van der Waals surface area contributed by atoms with E-state index in [0.29, 0.717) is 11.6 Å². The third-order valence-electron chi connectivity index (χ3n) is 4.19. The summed E-state index contributed by atoms with van der Waals surface area (Å²) in [5.74, 6) is -1.17. The first-order valence-corrected chi connectivity index (χ1v) is 8.31. The van der Waals surface area contributed by atoms with Crippen molar-refractivity contribution in [2.24, 2.45) is 0 Å². The van der Waals surface area contributed by atoms with Crippen LogP contribution >= 0.6 is 11.6 Å². The highest BCUT2D eigenvalue weighted by Crippen LogP contribution is 2.24. The molecule has 6 heteroatoms. The van der Waals surface area contributed by atoms with Gasteiger partial charge in [0, 0.05) is 17.6 Å². The average Bonchev–Trinajstić information content (AvgIpc) is 2.53. The molecule has 0 radical (unpaired) electrons. The number of nitrogens with zero attached hydrogens (tertiary/aromatic N) is 1. The average molecular weight is 340 g/mol. The van der Waals surface area contributed by atoms with Crippen LogP contribution in [0.1, 0.15) is 49.9 Å². The number of aromatic hydroxyl groups is 1. The Bertz CT molecular complexity index is 590. The number of halogens is 1. The summed E-state index contributed by atoms with van der Waals surface area (Å²) in [6.45, 7) is 4.32. The first-order valence-electron chi connectivity index (χ1n) is 7.94. The number of hydrogen-bond acceptors (Lipinski definition) is 4. The molecule has 1 saturated heterocycles. The molecule has 0 spiro atoms. The Labute approximate surface area is 141 Å². The molecule has 0 aromatic heterocycles. The molecule has 1 aliphatic rings. The van der Waals surface area contributed by atoms with E-state index in [1.807, 2.05) is 4.90 Å². The SMILES string of the molecule is CCC1CCCCN1C(=O)C(C)OC(=O)c1ccc(Cl)cc1O. The van der Waals surface area contributed by atoms with E-state index in [9.17, 15) is 14.7 Å². The zero-order valence-corrected chi connectivity index (χ0v) is 14.2. The zero-order valence-electron chi connectivity index (χ0n) is 13.4. The maximum Gasteiger partial charge on any atom is 0.342 e. The highest BCUT2D eigenvalue weighted by Gasteiger charge is 2.31. The van der Waals surface area contributed by atoms with Crippen LogP contribution in [0.5, 0.6) is 5.75 Å². The summed E-state index contributed by atoms with van der Waals surface area (Å²) in [5.41, 5.74) is -0.000245. The number of esters is 1. The van der Waals surface area contributed by atoms with Gasteiger partial charge in [-0.1, -0.05) is 18.5 Å². The van der Waals surface area contributed by atoms with Gasteiger partial charge < -0.3 is 14.7 Å². The molecule has 0 saturated carbocycles. The van der Waals surface area contributed by atoms with Gasteiger partial charge in [0.15, 0.2) is 6.10 Å². The van der Waals surface area contributed by atoms with E-state index in [1.165, 1.54) is 18.2 Å². The Kier molecular flexibility index (Phi) is 5.88. The number of hydrogen-bond donors (Lipinski definition) is 1. The molecular formula is C17H22ClNO4. The lowest BCUT2D eigenvalue weighted by molar-refractivity contribution is -0.143. The lowest BCUT2D eigenvalue weighted by Gasteiger charge is -2.36. The van der Waals surface area contributed by atoms with Crippen molar-refractivity contribution in [3.8, 4) is 5.75 Å². The molecule has 0 aliphatic carbocycles. The number of phenols is 1. The summed E-state index contributed by atoms with van der Waals surface area (Å²) in [7, 11) is 0. The second-order valence-electron chi connectivity index (χ2n) is 5.80. The molecule has 0 bridgehead atoms. The Hall–Kier alpha value is -1.75. The van der Waals surface area contributed by atoms with Gasteiger partial charge in [0.25, 0.3) is 5.91 Å². The molecular weight excluding hydrogens is 318 g/mol. The van der Waals surface area contributed by atoms with E-state index < -0.39 is 12.1 Å². The molecule has 1 fully saturated rings. The van der Waals surface area contributed by atoms with Crippen LogP contribution in [0.2, 0.25) is 5.02 Å². The van der Waals surface area contributed by atoms with Crippen LogP contribution in [0.3, 0.4) is 0 Å². The third kappa shape index (κ3) is 4.16. The molecule has 1 aliphatic heterocycles. The van der Waals surface area contributed by atoms with Crippen molar-refractivity contribution in [3.63, 3.8) is 0 Å². The van der Waals surface area contributed by atoms with Gasteiger partial charge in [-0.2, -0.15) is 0 Å². The highest BCUT2D eigenvalue weighted by molar-refractivity contribution is 6.30. The van der Waals surface area contributed by atoms with Crippen LogP contribution in [0, 0.1) is 0 Å². The highest BCUT2D eigenvalue weighted by atomic mass is 35.5. The summed E-state index contributed by atoms with van der Waals surface area (Å²) < 4.78 is 5.23. The van der Waals surface area contributed by atoms with Crippen molar-refractivity contribution >= 4 is 23.5 Å². The monoisotopic (exact) mass is 339 g/mol. The van der Waals surface area contributed by atoms with E-state index in [-0.39, 0.29) is 23.3 Å². The smallest absolute Gasteiger partial charge is 0.342 e. The molecule has 126 valence electrons. The van der Waals surface area contributed by atoms with Gasteiger partial charge in [0.2, 0.25) is 0 Å². The molecule has 2 atom stereocenters. The number of carbonyl (C=O) groups excluding carboxylic acids is 2. The van der Waals surface area contributed by atoms with Crippen LogP contribution in [-0.2, 0) is 9.53 Å². The van der Waals surface area contributed by atoms with E-state index in [0.717, 1.165) is 25.7 Å². The molecule has 1 aromatic carbocycles. The van der Waals surface area contributed by atoms with Gasteiger partial charge >= 0.3 is 5.97 Å². The maximum atomic E-state index is 12.5. The lowest BCUT2D eigenvalue weighted by atomic mass is 9.99. The van der Waals surface area contributed by atoms with Crippen LogP contribution in [-0.4, -0.2) is 40.6 Å². The first kappa shape index (κ1) is 17.6. The standard InChI is InChI=1S/C17H22ClNO4/c1-3-13-6-4-5-9-19(13)16(21)11(2)23-17(22)14-8-7-12(18)10-15(14)20/h7-8,10-11,13,20H,3-6,9H2,1-2H3. The van der Waals surface area contributed by atoms with Crippen molar-refractivity contribution < 1.29 is 19.4 Å². The van der Waals surface area contributed by atoms with E-state index in [2.05, 4.69) is 6.92 Å². The van der Waals surface area contributed by atoms with E-state index >= 15 is 0 Å². The second-order valence-corrected chi connectivity index (χ2v) is 6.23. The minimum absolute atomic E-state index is 0.000245. The predicted octanol–water partition coefficient (Wildman–Crippen LogP) is 3.38. The fraction of sp³-hybridized carbons (Fsp3) is 0.529. The summed E-state index contributed by atoms with van der Waals surface area (Å²) in [6, 6.07) is 4.35. The van der Waals surface area contributed by atoms with Crippen molar-refractivity contribution in [1.82, 2.24) is 4.90 Å². The normalized spacial score (nSPS) is 19.3. The molecule has 23 heavy (non-hydrogen) atoms. The minimum Gasteiger partial charge on any atom is -0.507 e. The van der Waals surface area contributed by atoms with Crippen LogP contribution in [0.25, 0.3) is 0 Å². The zero-order chi connectivity index (χ0) is 17.0. The van der Waals surface area contributed by atoms with Crippen molar-refractivity contribution in [2.75, 3.05) is 6.54 Å². The molecule has 5 nitrogen and oxygen atoms in total. The predicted molar refractivity (Wildman–Crippen MR) is 87.6 cm³/mol. The molecule has 1 N–H and O–H groups in total. The second kappa shape index (κ2) is 7.68. The summed E-state index contributed by atoms with van der Waals surface area (Å²) in [5, 5.41) is 10.1. The largest absolute Gasteiger partial charge is 0.507 e. The Morgan fingerprint density at radius 1 is 1.43 bits per heavy atom. The quantitative estimate of drug-likeness (QED) is 0.854.